The molecular weight excluding hydrogens is 160 g/mol. The minimum absolute atomic E-state index is 0.253. The van der Waals surface area contributed by atoms with Crippen molar-refractivity contribution in [1.82, 2.24) is 0 Å². The average molecular weight is 179 g/mol. The molecule has 1 heteroatoms. The second-order valence-corrected chi connectivity index (χ2v) is 6.59. The summed E-state index contributed by atoms with van der Waals surface area (Å²) >= 11 is 0. The third-order valence-corrected chi connectivity index (χ3v) is 4.93. The molecular formula is C11H19Si. The van der Waals surface area contributed by atoms with Crippen LogP contribution in [0.2, 0.25) is 13.1 Å². The standard InChI is InChI=1S/C11H19Si/c1-7-8(2)10(4)11(9(7)3)12(5)6/h7H,1-6H3. The van der Waals surface area contributed by atoms with E-state index in [1.54, 1.807) is 21.9 Å². The summed E-state index contributed by atoms with van der Waals surface area (Å²) < 4.78 is 0. The van der Waals surface area contributed by atoms with Crippen molar-refractivity contribution in [3.8, 4) is 0 Å². The first-order valence-electron chi connectivity index (χ1n) is 4.65. The number of hydrogen-bond acceptors (Lipinski definition) is 0. The number of rotatable bonds is 1. The zero-order valence-electron chi connectivity index (χ0n) is 9.08. The second-order valence-electron chi connectivity index (χ2n) is 4.09. The highest BCUT2D eigenvalue weighted by molar-refractivity contribution is 6.65. The molecule has 0 aromatic heterocycles. The van der Waals surface area contributed by atoms with Gasteiger partial charge in [0.25, 0.3) is 0 Å². The zero-order valence-corrected chi connectivity index (χ0v) is 10.1. The van der Waals surface area contributed by atoms with Gasteiger partial charge in [-0.3, -0.25) is 0 Å². The van der Waals surface area contributed by atoms with Crippen LogP contribution in [0.3, 0.4) is 0 Å². The summed E-state index contributed by atoms with van der Waals surface area (Å²) in [6.07, 6.45) is 0. The molecule has 1 rings (SSSR count). The van der Waals surface area contributed by atoms with Crippen molar-refractivity contribution in [2.24, 2.45) is 5.92 Å². The summed E-state index contributed by atoms with van der Waals surface area (Å²) in [5.74, 6) is 0.708. The average Bonchev–Trinajstić information content (AvgIpc) is 2.16. The minimum atomic E-state index is -0.253. The van der Waals surface area contributed by atoms with E-state index in [4.69, 9.17) is 0 Å². The zero-order chi connectivity index (χ0) is 9.46. The SMILES string of the molecule is CC1=C(C)C(C)C(C)=C1[Si](C)C. The van der Waals surface area contributed by atoms with Gasteiger partial charge in [-0.05, 0) is 26.7 Å². The quantitative estimate of drug-likeness (QED) is 0.540. The van der Waals surface area contributed by atoms with E-state index < -0.39 is 0 Å². The van der Waals surface area contributed by atoms with Crippen LogP contribution in [0.4, 0.5) is 0 Å². The first-order chi connectivity index (χ1) is 5.46. The van der Waals surface area contributed by atoms with E-state index in [0.717, 1.165) is 0 Å². The van der Waals surface area contributed by atoms with E-state index in [-0.39, 0.29) is 8.80 Å². The first kappa shape index (κ1) is 9.78. The van der Waals surface area contributed by atoms with Crippen LogP contribution >= 0.6 is 0 Å². The van der Waals surface area contributed by atoms with Crippen LogP contribution in [-0.4, -0.2) is 8.80 Å². The van der Waals surface area contributed by atoms with Gasteiger partial charge in [-0.15, -0.1) is 0 Å². The molecule has 12 heavy (non-hydrogen) atoms. The van der Waals surface area contributed by atoms with Gasteiger partial charge in [0.15, 0.2) is 0 Å². The monoisotopic (exact) mass is 179 g/mol. The predicted molar refractivity (Wildman–Crippen MR) is 57.7 cm³/mol. The Morgan fingerprint density at radius 1 is 1.00 bits per heavy atom. The fraction of sp³-hybridized carbons (Fsp3) is 0.636. The van der Waals surface area contributed by atoms with Crippen LogP contribution in [-0.2, 0) is 0 Å². The molecule has 0 N–H and O–H groups in total. The molecule has 0 heterocycles. The molecule has 0 aliphatic heterocycles. The Balaban J connectivity index is 3.13. The van der Waals surface area contributed by atoms with E-state index in [1.807, 2.05) is 0 Å². The molecule has 0 nitrogen and oxygen atoms in total. The van der Waals surface area contributed by atoms with Crippen LogP contribution in [0.15, 0.2) is 21.9 Å². The Bertz CT molecular complexity index is 256. The lowest BCUT2D eigenvalue weighted by Crippen LogP contribution is -2.07. The molecule has 1 atom stereocenters. The lowest BCUT2D eigenvalue weighted by molar-refractivity contribution is 0.816. The molecule has 0 fully saturated rings. The summed E-state index contributed by atoms with van der Waals surface area (Å²) in [7, 11) is -0.253. The highest BCUT2D eigenvalue weighted by atomic mass is 28.3. The summed E-state index contributed by atoms with van der Waals surface area (Å²) in [5.41, 5.74) is 4.80. The topological polar surface area (TPSA) is 0 Å². The van der Waals surface area contributed by atoms with Gasteiger partial charge in [0.05, 0.1) is 8.80 Å². The Hall–Kier alpha value is -0.303. The van der Waals surface area contributed by atoms with Gasteiger partial charge in [0.1, 0.15) is 0 Å². The van der Waals surface area contributed by atoms with Crippen molar-refractivity contribution < 1.29 is 0 Å². The summed E-state index contributed by atoms with van der Waals surface area (Å²) in [6, 6.07) is 0. The molecule has 1 unspecified atom stereocenters. The normalized spacial score (nSPS) is 24.8. The van der Waals surface area contributed by atoms with Crippen molar-refractivity contribution in [3.05, 3.63) is 21.9 Å². The second kappa shape index (κ2) is 3.21. The third kappa shape index (κ3) is 1.31. The van der Waals surface area contributed by atoms with Crippen molar-refractivity contribution in [2.75, 3.05) is 0 Å². The van der Waals surface area contributed by atoms with Crippen molar-refractivity contribution in [2.45, 2.75) is 40.8 Å². The Morgan fingerprint density at radius 3 is 1.67 bits per heavy atom. The molecule has 0 bridgehead atoms. The lowest BCUT2D eigenvalue weighted by atomic mass is 10.0. The van der Waals surface area contributed by atoms with Crippen molar-refractivity contribution in [1.29, 1.82) is 0 Å². The first-order valence-corrected chi connectivity index (χ1v) is 7.15. The summed E-state index contributed by atoms with van der Waals surface area (Å²) in [4.78, 5) is 0. The third-order valence-electron chi connectivity index (χ3n) is 3.16. The molecule has 0 aromatic carbocycles. The molecule has 1 aliphatic carbocycles. The highest BCUT2D eigenvalue weighted by Gasteiger charge is 2.24. The van der Waals surface area contributed by atoms with E-state index in [9.17, 15) is 0 Å². The molecule has 0 saturated heterocycles. The maximum absolute atomic E-state index is 2.39. The number of allylic oxidation sites excluding steroid dienone is 4. The van der Waals surface area contributed by atoms with Gasteiger partial charge < -0.3 is 0 Å². The van der Waals surface area contributed by atoms with Crippen LogP contribution in [0.1, 0.15) is 27.7 Å². The van der Waals surface area contributed by atoms with Gasteiger partial charge in [0.2, 0.25) is 0 Å². The molecule has 0 saturated carbocycles. The molecule has 67 valence electrons. The largest absolute Gasteiger partial charge is 0.0794 e. The molecule has 1 radical (unpaired) electrons. The van der Waals surface area contributed by atoms with Gasteiger partial charge in [-0.25, -0.2) is 0 Å². The van der Waals surface area contributed by atoms with Gasteiger partial charge >= 0.3 is 0 Å². The highest BCUT2D eigenvalue weighted by Crippen LogP contribution is 2.37. The van der Waals surface area contributed by atoms with E-state index in [1.165, 1.54) is 0 Å². The van der Waals surface area contributed by atoms with E-state index in [2.05, 4.69) is 40.8 Å². The van der Waals surface area contributed by atoms with Crippen LogP contribution in [0, 0.1) is 5.92 Å². The van der Waals surface area contributed by atoms with E-state index >= 15 is 0 Å². The van der Waals surface area contributed by atoms with Crippen molar-refractivity contribution >= 4 is 8.80 Å². The van der Waals surface area contributed by atoms with E-state index in [0.29, 0.717) is 5.92 Å². The smallest absolute Gasteiger partial charge is 0.0672 e. The van der Waals surface area contributed by atoms with Gasteiger partial charge in [-0.1, -0.05) is 41.9 Å². The molecule has 0 spiro atoms. The minimum Gasteiger partial charge on any atom is -0.0672 e. The maximum atomic E-state index is 2.39. The fourth-order valence-electron chi connectivity index (χ4n) is 2.13. The van der Waals surface area contributed by atoms with Crippen LogP contribution in [0.5, 0.6) is 0 Å². The maximum Gasteiger partial charge on any atom is 0.0794 e. The summed E-state index contributed by atoms with van der Waals surface area (Å²) in [5, 5.41) is 1.70. The van der Waals surface area contributed by atoms with Crippen LogP contribution in [0.25, 0.3) is 0 Å². The Labute approximate surface area is 78.0 Å². The Morgan fingerprint density at radius 2 is 1.50 bits per heavy atom. The number of hydrogen-bond donors (Lipinski definition) is 0. The lowest BCUT2D eigenvalue weighted by Gasteiger charge is -2.09. The summed E-state index contributed by atoms with van der Waals surface area (Å²) in [6.45, 7) is 14.0. The molecule has 0 aromatic rings. The van der Waals surface area contributed by atoms with Crippen molar-refractivity contribution in [3.63, 3.8) is 0 Å². The Kier molecular flexibility index (Phi) is 2.62. The van der Waals surface area contributed by atoms with Gasteiger partial charge in [-0.2, -0.15) is 0 Å². The molecule has 1 aliphatic rings. The predicted octanol–water partition coefficient (Wildman–Crippen LogP) is 3.58. The van der Waals surface area contributed by atoms with Gasteiger partial charge in [0, 0.05) is 0 Å². The fourth-order valence-corrected chi connectivity index (χ4v) is 4.08. The van der Waals surface area contributed by atoms with Crippen LogP contribution < -0.4 is 0 Å². The molecule has 0 amide bonds.